The summed E-state index contributed by atoms with van der Waals surface area (Å²) in [6.45, 7) is 1.95. The van der Waals surface area contributed by atoms with Crippen molar-refractivity contribution in [1.82, 2.24) is 5.16 Å². The molecule has 0 fully saturated rings. The molecule has 5 heteroatoms. The minimum absolute atomic E-state index is 0.0538. The molecule has 5 nitrogen and oxygen atoms in total. The second kappa shape index (κ2) is 4.06. The number of carbonyl (C=O) groups excluding carboxylic acids is 1. The average molecular weight is 218 g/mol. The molecule has 1 heterocycles. The zero-order valence-electron chi connectivity index (χ0n) is 8.64. The standard InChI is InChI=1S/C11H10N2O3/c1-7-2-4-8(5-3-7)15-11(14)9-6-10(12)16-13-9/h2-6H,12H2,1H3. The number of ether oxygens (including phenoxy) is 1. The third-order valence-electron chi connectivity index (χ3n) is 1.97. The molecule has 0 aliphatic rings. The van der Waals surface area contributed by atoms with Gasteiger partial charge in [-0.15, -0.1) is 0 Å². The van der Waals surface area contributed by atoms with Crippen molar-refractivity contribution in [2.24, 2.45) is 0 Å². The second-order valence-electron chi connectivity index (χ2n) is 3.32. The van der Waals surface area contributed by atoms with Gasteiger partial charge in [0, 0.05) is 6.07 Å². The van der Waals surface area contributed by atoms with Gasteiger partial charge in [-0.25, -0.2) is 4.79 Å². The Bertz CT molecular complexity index is 502. The Hall–Kier alpha value is -2.30. The van der Waals surface area contributed by atoms with E-state index in [0.717, 1.165) is 5.56 Å². The molecule has 2 rings (SSSR count). The maximum atomic E-state index is 11.5. The maximum absolute atomic E-state index is 11.5. The number of rotatable bonds is 2. The predicted molar refractivity (Wildman–Crippen MR) is 57.1 cm³/mol. The van der Waals surface area contributed by atoms with Crippen LogP contribution in [0.1, 0.15) is 16.1 Å². The highest BCUT2D eigenvalue weighted by Crippen LogP contribution is 2.14. The Balaban J connectivity index is 2.10. The molecule has 0 saturated carbocycles. The molecule has 2 aromatic rings. The molecule has 82 valence electrons. The zero-order valence-corrected chi connectivity index (χ0v) is 8.64. The topological polar surface area (TPSA) is 78.4 Å². The van der Waals surface area contributed by atoms with Crippen molar-refractivity contribution in [1.29, 1.82) is 0 Å². The maximum Gasteiger partial charge on any atom is 0.366 e. The van der Waals surface area contributed by atoms with E-state index >= 15 is 0 Å². The largest absolute Gasteiger partial charge is 0.422 e. The van der Waals surface area contributed by atoms with E-state index < -0.39 is 5.97 Å². The lowest BCUT2D eigenvalue weighted by atomic mass is 10.2. The number of nitrogens with two attached hydrogens (primary N) is 1. The van der Waals surface area contributed by atoms with Crippen LogP contribution in [0.5, 0.6) is 5.75 Å². The lowest BCUT2D eigenvalue weighted by molar-refractivity contribution is 0.0724. The normalized spacial score (nSPS) is 10.1. The predicted octanol–water partition coefficient (Wildman–Crippen LogP) is 1.78. The van der Waals surface area contributed by atoms with Crippen LogP contribution in [0.15, 0.2) is 34.9 Å². The lowest BCUT2D eigenvalue weighted by Gasteiger charge is -2.01. The average Bonchev–Trinajstić information content (AvgIpc) is 2.68. The van der Waals surface area contributed by atoms with Crippen molar-refractivity contribution in [2.45, 2.75) is 6.92 Å². The summed E-state index contributed by atoms with van der Waals surface area (Å²) in [5.41, 5.74) is 6.43. The van der Waals surface area contributed by atoms with Crippen LogP contribution in [0, 0.1) is 6.92 Å². The van der Waals surface area contributed by atoms with E-state index in [-0.39, 0.29) is 11.6 Å². The van der Waals surface area contributed by atoms with Gasteiger partial charge in [0.15, 0.2) is 5.69 Å². The highest BCUT2D eigenvalue weighted by molar-refractivity contribution is 5.89. The van der Waals surface area contributed by atoms with Gasteiger partial charge in [-0.1, -0.05) is 22.9 Å². The molecule has 1 aromatic heterocycles. The second-order valence-corrected chi connectivity index (χ2v) is 3.32. The van der Waals surface area contributed by atoms with E-state index in [1.165, 1.54) is 6.07 Å². The summed E-state index contributed by atoms with van der Waals surface area (Å²) in [7, 11) is 0. The van der Waals surface area contributed by atoms with Gasteiger partial charge in [0.2, 0.25) is 5.88 Å². The van der Waals surface area contributed by atoms with E-state index in [2.05, 4.69) is 9.68 Å². The van der Waals surface area contributed by atoms with Crippen molar-refractivity contribution < 1.29 is 14.1 Å². The molecule has 0 bridgehead atoms. The summed E-state index contributed by atoms with van der Waals surface area (Å²) in [5, 5.41) is 3.45. The Kier molecular flexibility index (Phi) is 2.59. The highest BCUT2D eigenvalue weighted by Gasteiger charge is 2.13. The number of aryl methyl sites for hydroxylation is 1. The molecule has 0 spiro atoms. The summed E-state index contributed by atoms with van der Waals surface area (Å²) in [4.78, 5) is 11.5. The van der Waals surface area contributed by atoms with E-state index in [4.69, 9.17) is 10.5 Å². The SMILES string of the molecule is Cc1ccc(OC(=O)c2cc(N)on2)cc1. The van der Waals surface area contributed by atoms with Crippen molar-refractivity contribution >= 4 is 11.9 Å². The molecule has 0 unspecified atom stereocenters. The lowest BCUT2D eigenvalue weighted by Crippen LogP contribution is -2.08. The molecule has 16 heavy (non-hydrogen) atoms. The number of esters is 1. The van der Waals surface area contributed by atoms with Gasteiger partial charge in [-0.2, -0.15) is 0 Å². The molecular weight excluding hydrogens is 208 g/mol. The summed E-state index contributed by atoms with van der Waals surface area (Å²) in [5.74, 6) is -0.0580. The first kappa shape index (κ1) is 10.2. The summed E-state index contributed by atoms with van der Waals surface area (Å²) in [6, 6.07) is 8.42. The van der Waals surface area contributed by atoms with Crippen molar-refractivity contribution in [2.75, 3.05) is 5.73 Å². The number of carbonyl (C=O) groups is 1. The first-order valence-electron chi connectivity index (χ1n) is 4.66. The van der Waals surface area contributed by atoms with Crippen LogP contribution in [0.2, 0.25) is 0 Å². The fourth-order valence-corrected chi connectivity index (χ4v) is 1.15. The van der Waals surface area contributed by atoms with Gasteiger partial charge in [0.05, 0.1) is 0 Å². The number of hydrogen-bond acceptors (Lipinski definition) is 5. The van der Waals surface area contributed by atoms with Crippen molar-refractivity contribution in [3.05, 3.63) is 41.6 Å². The number of aromatic nitrogens is 1. The highest BCUT2D eigenvalue weighted by atomic mass is 16.5. The molecule has 0 saturated heterocycles. The molecule has 0 radical (unpaired) electrons. The van der Waals surface area contributed by atoms with Gasteiger partial charge < -0.3 is 15.0 Å². The van der Waals surface area contributed by atoms with Crippen LogP contribution in [-0.2, 0) is 0 Å². The molecule has 1 aromatic carbocycles. The Morgan fingerprint density at radius 3 is 2.62 bits per heavy atom. The fourth-order valence-electron chi connectivity index (χ4n) is 1.15. The van der Waals surface area contributed by atoms with Crippen molar-refractivity contribution in [3.8, 4) is 5.75 Å². The van der Waals surface area contributed by atoms with Crippen LogP contribution in [0.25, 0.3) is 0 Å². The van der Waals surface area contributed by atoms with Crippen molar-refractivity contribution in [3.63, 3.8) is 0 Å². The monoisotopic (exact) mass is 218 g/mol. The summed E-state index contributed by atoms with van der Waals surface area (Å²) in [6.07, 6.45) is 0. The third-order valence-corrected chi connectivity index (χ3v) is 1.97. The first-order valence-corrected chi connectivity index (χ1v) is 4.66. The minimum atomic E-state index is -0.593. The Labute approximate surface area is 91.8 Å². The molecule has 0 amide bonds. The Morgan fingerprint density at radius 2 is 2.06 bits per heavy atom. The zero-order chi connectivity index (χ0) is 11.5. The van der Waals surface area contributed by atoms with Gasteiger partial charge in [-0.05, 0) is 19.1 Å². The van der Waals surface area contributed by atoms with Crippen LogP contribution in [-0.4, -0.2) is 11.1 Å². The quantitative estimate of drug-likeness (QED) is 0.614. The smallest absolute Gasteiger partial charge is 0.366 e. The van der Waals surface area contributed by atoms with Gasteiger partial charge in [0.25, 0.3) is 0 Å². The number of hydrogen-bond donors (Lipinski definition) is 1. The third kappa shape index (κ3) is 2.20. The number of nitrogen functional groups attached to an aromatic ring is 1. The van der Waals surface area contributed by atoms with Gasteiger partial charge in [0.1, 0.15) is 5.75 Å². The van der Waals surface area contributed by atoms with E-state index in [1.807, 2.05) is 19.1 Å². The molecule has 2 N–H and O–H groups in total. The van der Waals surface area contributed by atoms with E-state index in [1.54, 1.807) is 12.1 Å². The molecule has 0 aliphatic carbocycles. The summed E-state index contributed by atoms with van der Waals surface area (Å²) >= 11 is 0. The molecule has 0 aliphatic heterocycles. The van der Waals surface area contributed by atoms with Crippen LogP contribution >= 0.6 is 0 Å². The van der Waals surface area contributed by atoms with Gasteiger partial charge >= 0.3 is 5.97 Å². The summed E-state index contributed by atoms with van der Waals surface area (Å²) < 4.78 is 9.62. The molecule has 0 atom stereocenters. The number of anilines is 1. The van der Waals surface area contributed by atoms with Gasteiger partial charge in [-0.3, -0.25) is 0 Å². The fraction of sp³-hybridized carbons (Fsp3) is 0.0909. The Morgan fingerprint density at radius 1 is 1.38 bits per heavy atom. The van der Waals surface area contributed by atoms with Crippen LogP contribution < -0.4 is 10.5 Å². The first-order chi connectivity index (χ1) is 7.65. The number of nitrogens with zero attached hydrogens (tertiary/aromatic N) is 1. The van der Waals surface area contributed by atoms with Crippen LogP contribution in [0.3, 0.4) is 0 Å². The number of benzene rings is 1. The van der Waals surface area contributed by atoms with E-state index in [9.17, 15) is 4.79 Å². The van der Waals surface area contributed by atoms with E-state index in [0.29, 0.717) is 5.75 Å². The minimum Gasteiger partial charge on any atom is -0.422 e. The molecular formula is C11H10N2O3. The van der Waals surface area contributed by atoms with Crippen LogP contribution in [0.4, 0.5) is 5.88 Å².